The lowest BCUT2D eigenvalue weighted by Gasteiger charge is -2.47. The predicted molar refractivity (Wildman–Crippen MR) is 119 cm³/mol. The van der Waals surface area contributed by atoms with Gasteiger partial charge in [-0.05, 0) is 59.2 Å². The number of piperidine rings is 2. The van der Waals surface area contributed by atoms with Crippen molar-refractivity contribution in [1.29, 1.82) is 0 Å². The molecule has 0 aromatic heterocycles. The monoisotopic (exact) mass is 385 g/mol. The number of guanidine groups is 1. The highest BCUT2D eigenvalue weighted by Gasteiger charge is 2.36. The van der Waals surface area contributed by atoms with Gasteiger partial charge in [0.15, 0.2) is 5.96 Å². The molecular weight excluding hydrogens is 346 g/mol. The molecule has 2 bridgehead atoms. The third-order valence-electron chi connectivity index (χ3n) is 6.57. The minimum absolute atomic E-state index is 0.396. The van der Waals surface area contributed by atoms with Crippen LogP contribution in [0.1, 0.15) is 51.5 Å². The Morgan fingerprint density at radius 3 is 2.54 bits per heavy atom. The van der Waals surface area contributed by atoms with E-state index in [0.717, 1.165) is 37.7 Å². The van der Waals surface area contributed by atoms with Crippen LogP contribution in [-0.4, -0.2) is 67.1 Å². The first-order chi connectivity index (χ1) is 13.6. The molecule has 0 saturated carbocycles. The fourth-order valence-corrected chi connectivity index (χ4v) is 4.64. The maximum Gasteiger partial charge on any atom is 0.191 e. The van der Waals surface area contributed by atoms with E-state index < -0.39 is 0 Å². The largest absolute Gasteiger partial charge is 0.357 e. The van der Waals surface area contributed by atoms with E-state index >= 15 is 0 Å². The highest BCUT2D eigenvalue weighted by Crippen LogP contribution is 2.32. The number of benzene rings is 1. The molecule has 0 radical (unpaired) electrons. The van der Waals surface area contributed by atoms with E-state index in [4.69, 9.17) is 4.99 Å². The molecule has 2 aliphatic heterocycles. The van der Waals surface area contributed by atoms with Gasteiger partial charge in [-0.3, -0.25) is 9.89 Å². The summed E-state index contributed by atoms with van der Waals surface area (Å²) < 4.78 is 0. The number of rotatable bonds is 7. The molecule has 0 aliphatic carbocycles. The standard InChI is InChI=1S/C23H39N5/c1-5-24-23(26-20-14-21-12-9-13-22(15-20)28(21)4)25-16-18(2)27(3)17-19-10-7-6-8-11-19/h6-8,10-11,18,20-22H,5,9,12-17H2,1-4H3,(H2,24,25,26). The molecule has 0 amide bonds. The van der Waals surface area contributed by atoms with E-state index in [1.165, 1.54) is 37.7 Å². The number of aliphatic imine (C=N–C) groups is 1. The number of hydrogen-bond donors (Lipinski definition) is 2. The van der Waals surface area contributed by atoms with Crippen molar-refractivity contribution in [2.24, 2.45) is 4.99 Å². The van der Waals surface area contributed by atoms with Gasteiger partial charge >= 0.3 is 0 Å². The lowest BCUT2D eigenvalue weighted by Crippen LogP contribution is -2.56. The maximum absolute atomic E-state index is 4.92. The van der Waals surface area contributed by atoms with Gasteiger partial charge in [-0.2, -0.15) is 0 Å². The summed E-state index contributed by atoms with van der Waals surface area (Å²) in [6.45, 7) is 7.07. The summed E-state index contributed by atoms with van der Waals surface area (Å²) in [5.41, 5.74) is 1.35. The Kier molecular flexibility index (Phi) is 7.74. The average Bonchev–Trinajstić information content (AvgIpc) is 2.67. The molecule has 2 saturated heterocycles. The number of hydrogen-bond acceptors (Lipinski definition) is 3. The first kappa shape index (κ1) is 21.1. The molecule has 3 rings (SSSR count). The minimum Gasteiger partial charge on any atom is -0.357 e. The summed E-state index contributed by atoms with van der Waals surface area (Å²) in [4.78, 5) is 9.92. The Morgan fingerprint density at radius 2 is 1.89 bits per heavy atom. The van der Waals surface area contributed by atoms with Crippen molar-refractivity contribution < 1.29 is 0 Å². The lowest BCUT2D eigenvalue weighted by atomic mass is 9.82. The number of nitrogens with zero attached hydrogens (tertiary/aromatic N) is 3. The molecule has 5 nitrogen and oxygen atoms in total. The molecule has 2 N–H and O–H groups in total. The van der Waals surface area contributed by atoms with Gasteiger partial charge < -0.3 is 15.5 Å². The fraction of sp³-hybridized carbons (Fsp3) is 0.696. The first-order valence-corrected chi connectivity index (χ1v) is 11.1. The van der Waals surface area contributed by atoms with Crippen molar-refractivity contribution in [1.82, 2.24) is 20.4 Å². The van der Waals surface area contributed by atoms with Crippen LogP contribution in [0.2, 0.25) is 0 Å². The third kappa shape index (κ3) is 5.71. The maximum atomic E-state index is 4.92. The van der Waals surface area contributed by atoms with Crippen LogP contribution in [0.3, 0.4) is 0 Å². The molecule has 2 fully saturated rings. The minimum atomic E-state index is 0.396. The quantitative estimate of drug-likeness (QED) is 0.559. The smallest absolute Gasteiger partial charge is 0.191 e. The van der Waals surface area contributed by atoms with Crippen LogP contribution in [-0.2, 0) is 6.54 Å². The number of fused-ring (bicyclic) bond motifs is 2. The zero-order chi connectivity index (χ0) is 19.9. The Balaban J connectivity index is 1.53. The summed E-state index contributed by atoms with van der Waals surface area (Å²) in [5.74, 6) is 0.982. The Bertz CT molecular complexity index is 603. The van der Waals surface area contributed by atoms with Gasteiger partial charge in [-0.15, -0.1) is 0 Å². The first-order valence-electron chi connectivity index (χ1n) is 11.1. The molecule has 0 spiro atoms. The van der Waals surface area contributed by atoms with Gasteiger partial charge in [0.05, 0.1) is 6.54 Å². The van der Waals surface area contributed by atoms with E-state index in [0.29, 0.717) is 12.1 Å². The van der Waals surface area contributed by atoms with E-state index in [1.807, 2.05) is 0 Å². The highest BCUT2D eigenvalue weighted by atomic mass is 15.2. The van der Waals surface area contributed by atoms with Crippen LogP contribution in [0.25, 0.3) is 0 Å². The summed E-state index contributed by atoms with van der Waals surface area (Å²) >= 11 is 0. The van der Waals surface area contributed by atoms with Gasteiger partial charge in [0, 0.05) is 37.3 Å². The van der Waals surface area contributed by atoms with E-state index in [1.54, 1.807) is 0 Å². The van der Waals surface area contributed by atoms with Crippen LogP contribution in [0.5, 0.6) is 0 Å². The van der Waals surface area contributed by atoms with Gasteiger partial charge in [-0.1, -0.05) is 36.8 Å². The molecule has 2 heterocycles. The summed E-state index contributed by atoms with van der Waals surface area (Å²) in [5, 5.41) is 7.20. The van der Waals surface area contributed by atoms with Gasteiger partial charge in [0.25, 0.3) is 0 Å². The Morgan fingerprint density at radius 1 is 1.21 bits per heavy atom. The van der Waals surface area contributed by atoms with E-state index in [9.17, 15) is 0 Å². The molecule has 3 unspecified atom stereocenters. The zero-order valence-corrected chi connectivity index (χ0v) is 18.2. The molecule has 5 heteroatoms. The van der Waals surface area contributed by atoms with Crippen molar-refractivity contribution in [3.63, 3.8) is 0 Å². The Labute approximate surface area is 171 Å². The van der Waals surface area contributed by atoms with Crippen molar-refractivity contribution in [2.75, 3.05) is 27.2 Å². The number of likely N-dealkylation sites (N-methyl/N-ethyl adjacent to an activating group) is 1. The third-order valence-corrected chi connectivity index (χ3v) is 6.57. The zero-order valence-electron chi connectivity index (χ0n) is 18.2. The molecule has 3 atom stereocenters. The van der Waals surface area contributed by atoms with Gasteiger partial charge in [-0.25, -0.2) is 0 Å². The van der Waals surface area contributed by atoms with E-state index in [2.05, 4.69) is 78.7 Å². The SMILES string of the molecule is CCNC(=NCC(C)N(C)Cc1ccccc1)NC1CC2CCCC(C1)N2C. The lowest BCUT2D eigenvalue weighted by molar-refractivity contribution is 0.0526. The molecular formula is C23H39N5. The molecule has 156 valence electrons. The normalized spacial score (nSPS) is 26.9. The van der Waals surface area contributed by atoms with Crippen molar-refractivity contribution in [3.05, 3.63) is 35.9 Å². The van der Waals surface area contributed by atoms with Crippen LogP contribution in [0.4, 0.5) is 0 Å². The average molecular weight is 386 g/mol. The summed E-state index contributed by atoms with van der Waals surface area (Å²) in [6.07, 6.45) is 6.56. The van der Waals surface area contributed by atoms with Crippen molar-refractivity contribution in [3.8, 4) is 0 Å². The highest BCUT2D eigenvalue weighted by molar-refractivity contribution is 5.80. The van der Waals surface area contributed by atoms with Crippen molar-refractivity contribution in [2.45, 2.75) is 76.7 Å². The fourth-order valence-electron chi connectivity index (χ4n) is 4.64. The Hall–Kier alpha value is -1.59. The number of nitrogens with one attached hydrogen (secondary N) is 2. The van der Waals surface area contributed by atoms with Crippen LogP contribution < -0.4 is 10.6 Å². The molecule has 2 aliphatic rings. The van der Waals surface area contributed by atoms with Crippen LogP contribution in [0, 0.1) is 0 Å². The topological polar surface area (TPSA) is 42.9 Å². The van der Waals surface area contributed by atoms with Crippen LogP contribution >= 0.6 is 0 Å². The van der Waals surface area contributed by atoms with Crippen LogP contribution in [0.15, 0.2) is 35.3 Å². The summed E-state index contributed by atoms with van der Waals surface area (Å²) in [7, 11) is 4.50. The summed E-state index contributed by atoms with van der Waals surface area (Å²) in [6, 6.07) is 13.1. The van der Waals surface area contributed by atoms with Gasteiger partial charge in [0.1, 0.15) is 0 Å². The van der Waals surface area contributed by atoms with Gasteiger partial charge in [0.2, 0.25) is 0 Å². The second-order valence-corrected chi connectivity index (χ2v) is 8.69. The van der Waals surface area contributed by atoms with E-state index in [-0.39, 0.29) is 0 Å². The molecule has 1 aromatic rings. The molecule has 28 heavy (non-hydrogen) atoms. The molecule has 1 aromatic carbocycles. The predicted octanol–water partition coefficient (Wildman–Crippen LogP) is 3.08. The second kappa shape index (κ2) is 10.3. The second-order valence-electron chi connectivity index (χ2n) is 8.69. The van der Waals surface area contributed by atoms with Crippen molar-refractivity contribution >= 4 is 5.96 Å².